The van der Waals surface area contributed by atoms with Crippen molar-refractivity contribution in [2.24, 2.45) is 0 Å². The topological polar surface area (TPSA) is 12.9 Å². The molecule has 114 valence electrons. The van der Waals surface area contributed by atoms with Gasteiger partial charge in [0.05, 0.1) is 5.56 Å². The second-order valence-electron chi connectivity index (χ2n) is 3.56. The van der Waals surface area contributed by atoms with Gasteiger partial charge >= 0.3 is 23.9 Å². The molecule has 1 nitrogen and oxygen atoms in total. The lowest BCUT2D eigenvalue weighted by Gasteiger charge is -2.33. The lowest BCUT2D eigenvalue weighted by molar-refractivity contribution is -0.399. The van der Waals surface area contributed by atoms with Crippen LogP contribution in [-0.2, 0) is 5.92 Å². The first-order valence-electron chi connectivity index (χ1n) is 4.58. The van der Waals surface area contributed by atoms with Crippen LogP contribution in [-0.4, -0.2) is 23.0 Å². The Hall–Kier alpha value is -1.19. The molecule has 0 radical (unpaired) electrons. The molecule has 11 heteroatoms. The molecule has 1 aromatic rings. The molecule has 0 fully saturated rings. The van der Waals surface area contributed by atoms with E-state index in [-0.39, 0.29) is 6.07 Å². The number of hydrogen-bond acceptors (Lipinski definition) is 1. The van der Waals surface area contributed by atoms with E-state index in [9.17, 15) is 39.5 Å². The van der Waals surface area contributed by atoms with E-state index in [0.29, 0.717) is 6.07 Å². The van der Waals surface area contributed by atoms with Crippen LogP contribution in [0.25, 0.3) is 0 Å². The summed E-state index contributed by atoms with van der Waals surface area (Å²) in [5.41, 5.74) is -1.93. The molecule has 0 aliphatic carbocycles. The molecular weight excluding hydrogens is 329 g/mol. The molecule has 1 aromatic heterocycles. The third-order valence-electron chi connectivity index (χ3n) is 2.24. The summed E-state index contributed by atoms with van der Waals surface area (Å²) in [6.45, 7) is 0. The molecule has 0 aliphatic heterocycles. The average molecular weight is 332 g/mol. The van der Waals surface area contributed by atoms with Crippen LogP contribution in [0.1, 0.15) is 5.56 Å². The number of halogens is 10. The molecule has 0 N–H and O–H groups in total. The van der Waals surface area contributed by atoms with Crippen molar-refractivity contribution in [3.63, 3.8) is 0 Å². The number of alkyl halides is 9. The van der Waals surface area contributed by atoms with Crippen molar-refractivity contribution in [1.29, 1.82) is 0 Å². The van der Waals surface area contributed by atoms with Crippen molar-refractivity contribution in [2.75, 3.05) is 0 Å². The minimum absolute atomic E-state index is 0.176. The molecular formula is C9H3ClF9N. The summed E-state index contributed by atoms with van der Waals surface area (Å²) in [6.07, 6.45) is -6.10. The van der Waals surface area contributed by atoms with Gasteiger partial charge in [-0.1, -0.05) is 11.6 Å². The van der Waals surface area contributed by atoms with Crippen LogP contribution in [0.3, 0.4) is 0 Å². The van der Waals surface area contributed by atoms with Gasteiger partial charge in [0.2, 0.25) is 0 Å². The highest BCUT2D eigenvalue weighted by Gasteiger charge is 2.82. The van der Waals surface area contributed by atoms with E-state index in [1.54, 1.807) is 0 Å². The number of rotatable bonds is 3. The zero-order valence-corrected chi connectivity index (χ0v) is 9.71. The Morgan fingerprint density at radius 3 is 1.75 bits per heavy atom. The van der Waals surface area contributed by atoms with Crippen molar-refractivity contribution in [3.05, 3.63) is 29.0 Å². The second-order valence-corrected chi connectivity index (χ2v) is 3.92. The monoisotopic (exact) mass is 331 g/mol. The highest BCUT2D eigenvalue weighted by Crippen LogP contribution is 2.57. The zero-order chi connectivity index (χ0) is 16.0. The summed E-state index contributed by atoms with van der Waals surface area (Å²) in [5, 5.41) is -1.31. The highest BCUT2D eigenvalue weighted by molar-refractivity contribution is 6.30. The molecule has 0 aliphatic rings. The molecule has 0 amide bonds. The van der Waals surface area contributed by atoms with Crippen LogP contribution in [0.4, 0.5) is 39.5 Å². The number of nitrogens with zero attached hydrogens (tertiary/aromatic N) is 1. The maximum atomic E-state index is 13.4. The molecule has 0 aromatic carbocycles. The van der Waals surface area contributed by atoms with E-state index in [1.807, 2.05) is 0 Å². The summed E-state index contributed by atoms with van der Waals surface area (Å²) in [4.78, 5) is 2.93. The van der Waals surface area contributed by atoms with Crippen LogP contribution in [0.2, 0.25) is 5.15 Å². The van der Waals surface area contributed by atoms with E-state index in [4.69, 9.17) is 11.6 Å². The summed E-state index contributed by atoms with van der Waals surface area (Å²) in [5.74, 6) is -19.6. The molecule has 20 heavy (non-hydrogen) atoms. The standard InChI is InChI=1S/C9H3ClF9N/c10-5-4(2-1-3-20-5)6(11,12)7(13,14)8(15,16)9(17,18)19/h1-3H. The van der Waals surface area contributed by atoms with Gasteiger partial charge in [-0.05, 0) is 12.1 Å². The highest BCUT2D eigenvalue weighted by atomic mass is 35.5. The van der Waals surface area contributed by atoms with Gasteiger partial charge in [-0.3, -0.25) is 0 Å². The summed E-state index contributed by atoms with van der Waals surface area (Å²) < 4.78 is 114. The van der Waals surface area contributed by atoms with Crippen molar-refractivity contribution in [1.82, 2.24) is 4.98 Å². The third kappa shape index (κ3) is 2.29. The summed E-state index contributed by atoms with van der Waals surface area (Å²) in [7, 11) is 0. The van der Waals surface area contributed by atoms with E-state index >= 15 is 0 Å². The predicted molar refractivity (Wildman–Crippen MR) is 49.1 cm³/mol. The van der Waals surface area contributed by atoms with Crippen molar-refractivity contribution >= 4 is 11.6 Å². The molecule has 1 heterocycles. The number of pyridine rings is 1. The van der Waals surface area contributed by atoms with Gasteiger partial charge < -0.3 is 0 Å². The number of aromatic nitrogens is 1. The Morgan fingerprint density at radius 2 is 1.35 bits per heavy atom. The van der Waals surface area contributed by atoms with E-state index in [2.05, 4.69) is 4.98 Å². The fourth-order valence-corrected chi connectivity index (χ4v) is 1.40. The van der Waals surface area contributed by atoms with Crippen LogP contribution < -0.4 is 0 Å². The number of hydrogen-bond donors (Lipinski definition) is 0. The Balaban J connectivity index is 3.44. The molecule has 0 unspecified atom stereocenters. The van der Waals surface area contributed by atoms with E-state index in [1.165, 1.54) is 0 Å². The first-order chi connectivity index (χ1) is 8.77. The first-order valence-corrected chi connectivity index (χ1v) is 4.95. The molecule has 0 saturated carbocycles. The first kappa shape index (κ1) is 16.9. The van der Waals surface area contributed by atoms with Gasteiger partial charge in [0, 0.05) is 6.20 Å². The SMILES string of the molecule is FC(F)(F)C(F)(F)C(F)(F)C(F)(F)c1cccnc1Cl. The van der Waals surface area contributed by atoms with E-state index in [0.717, 1.165) is 6.20 Å². The van der Waals surface area contributed by atoms with Crippen molar-refractivity contribution in [2.45, 2.75) is 23.9 Å². The van der Waals surface area contributed by atoms with Crippen molar-refractivity contribution in [3.8, 4) is 0 Å². The fraction of sp³-hybridized carbons (Fsp3) is 0.444. The van der Waals surface area contributed by atoms with Crippen LogP contribution in [0.5, 0.6) is 0 Å². The normalized spacial score (nSPS) is 14.5. The van der Waals surface area contributed by atoms with Crippen LogP contribution >= 0.6 is 11.6 Å². The summed E-state index contributed by atoms with van der Waals surface area (Å²) >= 11 is 5.03. The molecule has 0 atom stereocenters. The van der Waals surface area contributed by atoms with Crippen LogP contribution in [0.15, 0.2) is 18.3 Å². The van der Waals surface area contributed by atoms with E-state index < -0.39 is 34.7 Å². The minimum atomic E-state index is -6.96. The lowest BCUT2D eigenvalue weighted by Crippen LogP contribution is -2.59. The smallest absolute Gasteiger partial charge is 0.244 e. The lowest BCUT2D eigenvalue weighted by atomic mass is 9.98. The van der Waals surface area contributed by atoms with Crippen molar-refractivity contribution < 1.29 is 39.5 Å². The molecule has 0 bridgehead atoms. The maximum absolute atomic E-state index is 13.4. The van der Waals surface area contributed by atoms with Crippen LogP contribution in [0, 0.1) is 0 Å². The van der Waals surface area contributed by atoms with Gasteiger partial charge in [0.25, 0.3) is 0 Å². The Kier molecular flexibility index (Phi) is 3.94. The predicted octanol–water partition coefficient (Wildman–Crippen LogP) is 4.66. The third-order valence-corrected chi connectivity index (χ3v) is 2.54. The molecule has 0 spiro atoms. The van der Waals surface area contributed by atoms with Gasteiger partial charge in [-0.25, -0.2) is 4.98 Å². The Labute approximate surface area is 110 Å². The van der Waals surface area contributed by atoms with Gasteiger partial charge in [-0.15, -0.1) is 0 Å². The molecule has 0 saturated heterocycles. The quantitative estimate of drug-likeness (QED) is 0.580. The average Bonchev–Trinajstić information content (AvgIpc) is 2.27. The van der Waals surface area contributed by atoms with Gasteiger partial charge in [-0.2, -0.15) is 39.5 Å². The fourth-order valence-electron chi connectivity index (χ4n) is 1.16. The molecule has 1 rings (SSSR count). The van der Waals surface area contributed by atoms with Gasteiger partial charge in [0.1, 0.15) is 5.15 Å². The van der Waals surface area contributed by atoms with Gasteiger partial charge in [0.15, 0.2) is 0 Å². The second kappa shape index (κ2) is 4.68. The summed E-state index contributed by atoms with van der Waals surface area (Å²) in [6, 6.07) is 0.812. The largest absolute Gasteiger partial charge is 0.460 e. The maximum Gasteiger partial charge on any atom is 0.460 e. The zero-order valence-electron chi connectivity index (χ0n) is 8.96. The minimum Gasteiger partial charge on any atom is -0.244 e. The Bertz CT molecular complexity index is 496. The Morgan fingerprint density at radius 1 is 0.850 bits per heavy atom.